The van der Waals surface area contributed by atoms with Crippen LogP contribution in [-0.4, -0.2) is 24.8 Å². The van der Waals surface area contributed by atoms with Crippen molar-refractivity contribution in [3.05, 3.63) is 59.7 Å². The number of rotatable bonds is 9. The number of phenolic OH excluding ortho intramolecular Hbond substituents is 1. The normalized spacial score (nSPS) is 25.6. The second kappa shape index (κ2) is 10.3. The molecule has 4 aliphatic carbocycles. The molecule has 0 aromatic heterocycles. The molecule has 0 aliphatic heterocycles. The zero-order valence-electron chi connectivity index (χ0n) is 22.8. The van der Waals surface area contributed by atoms with Crippen LogP contribution in [-0.2, 0) is 10.2 Å². The van der Waals surface area contributed by atoms with E-state index in [1.54, 1.807) is 0 Å². The van der Waals surface area contributed by atoms with Crippen LogP contribution in [0.1, 0.15) is 87.1 Å². The molecule has 4 nitrogen and oxygen atoms in total. The Bertz CT molecular complexity index is 1290. The molecule has 4 heteroatoms. The van der Waals surface area contributed by atoms with E-state index in [0.29, 0.717) is 17.9 Å². The van der Waals surface area contributed by atoms with Crippen molar-refractivity contribution >= 4 is 16.7 Å². The van der Waals surface area contributed by atoms with E-state index in [9.17, 15) is 9.90 Å². The second-order valence-electron chi connectivity index (χ2n) is 12.2. The van der Waals surface area contributed by atoms with Crippen molar-refractivity contribution in [3.8, 4) is 22.6 Å². The molecule has 0 amide bonds. The van der Waals surface area contributed by atoms with Gasteiger partial charge < -0.3 is 14.6 Å². The molecule has 3 aromatic rings. The number of benzene rings is 3. The van der Waals surface area contributed by atoms with Crippen LogP contribution in [0.15, 0.2) is 48.5 Å². The number of hydrogen-bond acceptors (Lipinski definition) is 4. The fourth-order valence-electron chi connectivity index (χ4n) is 8.19. The molecule has 0 heterocycles. The highest BCUT2D eigenvalue weighted by Gasteiger charge is 2.52. The first-order valence-electron chi connectivity index (χ1n) is 14.6. The summed E-state index contributed by atoms with van der Waals surface area (Å²) in [6.45, 7) is 2.89. The van der Waals surface area contributed by atoms with Gasteiger partial charge in [0.15, 0.2) is 0 Å². The zero-order valence-corrected chi connectivity index (χ0v) is 22.8. The van der Waals surface area contributed by atoms with Gasteiger partial charge >= 0.3 is 5.97 Å². The molecule has 0 spiro atoms. The molecule has 3 aromatic carbocycles. The number of unbranched alkanes of at least 4 members (excludes halogenated alkanes) is 3. The van der Waals surface area contributed by atoms with Crippen LogP contribution >= 0.6 is 0 Å². The number of aromatic hydroxyl groups is 1. The maximum absolute atomic E-state index is 12.0. The van der Waals surface area contributed by atoms with E-state index in [1.807, 2.05) is 30.3 Å². The van der Waals surface area contributed by atoms with Gasteiger partial charge in [0.2, 0.25) is 0 Å². The van der Waals surface area contributed by atoms with E-state index in [4.69, 9.17) is 9.47 Å². The highest BCUT2D eigenvalue weighted by atomic mass is 16.5. The summed E-state index contributed by atoms with van der Waals surface area (Å²) in [4.78, 5) is 12.0. The van der Waals surface area contributed by atoms with Gasteiger partial charge in [0.25, 0.3) is 0 Å². The lowest BCUT2D eigenvalue weighted by Gasteiger charge is -2.57. The monoisotopic (exact) mass is 512 g/mol. The first-order valence-corrected chi connectivity index (χ1v) is 14.6. The Morgan fingerprint density at radius 1 is 0.921 bits per heavy atom. The van der Waals surface area contributed by atoms with Crippen molar-refractivity contribution in [2.24, 2.45) is 17.8 Å². The van der Waals surface area contributed by atoms with E-state index < -0.39 is 0 Å². The van der Waals surface area contributed by atoms with Crippen LogP contribution in [0.4, 0.5) is 0 Å². The van der Waals surface area contributed by atoms with Crippen molar-refractivity contribution < 1.29 is 19.4 Å². The van der Waals surface area contributed by atoms with Crippen LogP contribution < -0.4 is 4.74 Å². The first kappa shape index (κ1) is 25.3. The number of fused-ring (bicyclic) bond motifs is 1. The molecule has 0 unspecified atom stereocenters. The lowest BCUT2D eigenvalue weighted by Crippen LogP contribution is -2.48. The molecular formula is C34H40O4. The second-order valence-corrected chi connectivity index (χ2v) is 12.2. The third-order valence-corrected chi connectivity index (χ3v) is 9.56. The van der Waals surface area contributed by atoms with Crippen LogP contribution in [0.5, 0.6) is 11.5 Å². The van der Waals surface area contributed by atoms with Gasteiger partial charge in [-0.05, 0) is 103 Å². The standard InChI is InChI=1S/C34H40O4/c1-3-4-5-6-13-38-32-28(25-7-9-26(10-8-25)33(36)37-2)12-11-27-17-31(35)30(18-29(27)32)34-19-22-14-23(20-34)16-24(15-22)21-34/h7-12,17-18,22-24,35H,3-6,13-16,19-21H2,1-2H3. The van der Waals surface area contributed by atoms with Crippen LogP contribution in [0.2, 0.25) is 0 Å². The molecular weight excluding hydrogens is 472 g/mol. The molecule has 38 heavy (non-hydrogen) atoms. The van der Waals surface area contributed by atoms with Crippen molar-refractivity contribution in [3.63, 3.8) is 0 Å². The summed E-state index contributed by atoms with van der Waals surface area (Å²) in [5, 5.41) is 13.4. The minimum absolute atomic E-state index is 0.101. The number of phenols is 1. The third kappa shape index (κ3) is 4.57. The van der Waals surface area contributed by atoms with Crippen LogP contribution in [0.25, 0.3) is 21.9 Å². The van der Waals surface area contributed by atoms with E-state index in [2.05, 4.69) is 25.1 Å². The SMILES string of the molecule is CCCCCCOc1c(-c2ccc(C(=O)OC)cc2)ccc2cc(O)c(C34CC5CC(CC(C5)C3)C4)cc12. The zero-order chi connectivity index (χ0) is 26.3. The number of carbonyl (C=O) groups is 1. The predicted octanol–water partition coefficient (Wildman–Crippen LogP) is 8.43. The van der Waals surface area contributed by atoms with Gasteiger partial charge in [-0.3, -0.25) is 0 Å². The third-order valence-electron chi connectivity index (χ3n) is 9.56. The van der Waals surface area contributed by atoms with E-state index in [0.717, 1.165) is 63.8 Å². The molecule has 4 aliphatic rings. The maximum atomic E-state index is 12.0. The Kier molecular flexibility index (Phi) is 6.84. The Morgan fingerprint density at radius 2 is 1.61 bits per heavy atom. The van der Waals surface area contributed by atoms with Crippen molar-refractivity contribution in [2.45, 2.75) is 76.5 Å². The molecule has 7 rings (SSSR count). The highest BCUT2D eigenvalue weighted by molar-refractivity contribution is 5.97. The summed E-state index contributed by atoms with van der Waals surface area (Å²) in [5.41, 5.74) is 3.80. The first-order chi connectivity index (χ1) is 18.5. The number of hydrogen-bond donors (Lipinski definition) is 1. The molecule has 4 saturated carbocycles. The summed E-state index contributed by atoms with van der Waals surface area (Å²) < 4.78 is 11.5. The molecule has 0 atom stereocenters. The molecule has 0 saturated heterocycles. The lowest BCUT2D eigenvalue weighted by atomic mass is 9.48. The number of carbonyl (C=O) groups excluding carboxylic acids is 1. The Labute approximate surface area is 226 Å². The van der Waals surface area contributed by atoms with Crippen LogP contribution in [0, 0.1) is 17.8 Å². The molecule has 4 fully saturated rings. The molecule has 4 bridgehead atoms. The van der Waals surface area contributed by atoms with E-state index >= 15 is 0 Å². The minimum atomic E-state index is -0.335. The number of esters is 1. The lowest BCUT2D eigenvalue weighted by molar-refractivity contribution is -0.00607. The van der Waals surface area contributed by atoms with Gasteiger partial charge in [0, 0.05) is 16.5 Å². The van der Waals surface area contributed by atoms with Gasteiger partial charge in [-0.15, -0.1) is 0 Å². The van der Waals surface area contributed by atoms with Crippen LogP contribution in [0.3, 0.4) is 0 Å². The average molecular weight is 513 g/mol. The van der Waals surface area contributed by atoms with Crippen molar-refractivity contribution in [2.75, 3.05) is 13.7 Å². The molecule has 200 valence electrons. The van der Waals surface area contributed by atoms with Crippen molar-refractivity contribution in [1.82, 2.24) is 0 Å². The van der Waals surface area contributed by atoms with E-state index in [1.165, 1.54) is 58.5 Å². The Balaban J connectivity index is 1.43. The fourth-order valence-corrected chi connectivity index (χ4v) is 8.19. The van der Waals surface area contributed by atoms with Crippen molar-refractivity contribution in [1.29, 1.82) is 0 Å². The summed E-state index contributed by atoms with van der Waals surface area (Å²) in [7, 11) is 1.40. The summed E-state index contributed by atoms with van der Waals surface area (Å²) >= 11 is 0. The smallest absolute Gasteiger partial charge is 0.337 e. The number of methoxy groups -OCH3 is 1. The Hall–Kier alpha value is -3.01. The minimum Gasteiger partial charge on any atom is -0.508 e. The van der Waals surface area contributed by atoms with Gasteiger partial charge in [0.05, 0.1) is 19.3 Å². The predicted molar refractivity (Wildman–Crippen MR) is 152 cm³/mol. The van der Waals surface area contributed by atoms with Gasteiger partial charge in [-0.25, -0.2) is 4.79 Å². The average Bonchev–Trinajstić information content (AvgIpc) is 2.91. The topological polar surface area (TPSA) is 55.8 Å². The largest absolute Gasteiger partial charge is 0.508 e. The number of ether oxygens (including phenoxy) is 2. The highest BCUT2D eigenvalue weighted by Crippen LogP contribution is 2.62. The molecule has 1 N–H and O–H groups in total. The summed E-state index contributed by atoms with van der Waals surface area (Å²) in [5.74, 6) is 3.43. The molecule has 0 radical (unpaired) electrons. The summed E-state index contributed by atoms with van der Waals surface area (Å²) in [6, 6.07) is 16.0. The van der Waals surface area contributed by atoms with Gasteiger partial charge in [-0.1, -0.05) is 50.5 Å². The fraction of sp³-hybridized carbons (Fsp3) is 0.500. The maximum Gasteiger partial charge on any atom is 0.337 e. The summed E-state index contributed by atoms with van der Waals surface area (Å²) in [6.07, 6.45) is 12.3. The Morgan fingerprint density at radius 3 is 2.24 bits per heavy atom. The van der Waals surface area contributed by atoms with Gasteiger partial charge in [-0.2, -0.15) is 0 Å². The van der Waals surface area contributed by atoms with E-state index in [-0.39, 0.29) is 11.4 Å². The quantitative estimate of drug-likeness (QED) is 0.231. The van der Waals surface area contributed by atoms with Gasteiger partial charge in [0.1, 0.15) is 11.5 Å².